The first-order valence-electron chi connectivity index (χ1n) is 6.61. The van der Waals surface area contributed by atoms with Gasteiger partial charge in [0.05, 0.1) is 19.8 Å². The number of amides is 1. The standard InChI is InChI=1S/C13H27NO3/c1-4-6-7-8-13(15)14(3)9-10-17-12-11-16-5-2/h4-12H2,1-3H3. The van der Waals surface area contributed by atoms with Crippen molar-refractivity contribution in [1.82, 2.24) is 4.90 Å². The highest BCUT2D eigenvalue weighted by molar-refractivity contribution is 5.75. The molecule has 0 radical (unpaired) electrons. The number of carbonyl (C=O) groups is 1. The number of nitrogens with zero attached hydrogens (tertiary/aromatic N) is 1. The molecule has 0 fully saturated rings. The summed E-state index contributed by atoms with van der Waals surface area (Å²) in [4.78, 5) is 13.4. The Kier molecular flexibility index (Phi) is 11.4. The molecule has 1 amide bonds. The smallest absolute Gasteiger partial charge is 0.222 e. The van der Waals surface area contributed by atoms with E-state index in [0.717, 1.165) is 25.9 Å². The van der Waals surface area contributed by atoms with Crippen molar-refractivity contribution >= 4 is 5.91 Å². The van der Waals surface area contributed by atoms with Gasteiger partial charge in [0.25, 0.3) is 0 Å². The van der Waals surface area contributed by atoms with E-state index >= 15 is 0 Å². The Bertz CT molecular complexity index is 186. The maximum atomic E-state index is 11.6. The molecule has 0 aromatic carbocycles. The van der Waals surface area contributed by atoms with E-state index in [2.05, 4.69) is 6.92 Å². The van der Waals surface area contributed by atoms with Crippen LogP contribution in [0.4, 0.5) is 0 Å². The van der Waals surface area contributed by atoms with Crippen LogP contribution in [-0.4, -0.2) is 50.8 Å². The van der Waals surface area contributed by atoms with Gasteiger partial charge in [0.15, 0.2) is 0 Å². The van der Waals surface area contributed by atoms with E-state index in [9.17, 15) is 4.79 Å². The van der Waals surface area contributed by atoms with Gasteiger partial charge in [0, 0.05) is 26.6 Å². The second-order valence-electron chi connectivity index (χ2n) is 4.08. The fraction of sp³-hybridized carbons (Fsp3) is 0.923. The predicted molar refractivity (Wildman–Crippen MR) is 69.1 cm³/mol. The van der Waals surface area contributed by atoms with Crippen molar-refractivity contribution in [1.29, 1.82) is 0 Å². The molecule has 0 aromatic rings. The Balaban J connectivity index is 3.37. The van der Waals surface area contributed by atoms with Crippen molar-refractivity contribution in [3.8, 4) is 0 Å². The highest BCUT2D eigenvalue weighted by Crippen LogP contribution is 2.01. The highest BCUT2D eigenvalue weighted by atomic mass is 16.5. The topological polar surface area (TPSA) is 38.8 Å². The molecule has 0 aliphatic rings. The van der Waals surface area contributed by atoms with Gasteiger partial charge in [-0.2, -0.15) is 0 Å². The van der Waals surface area contributed by atoms with Crippen LogP contribution in [0.25, 0.3) is 0 Å². The zero-order chi connectivity index (χ0) is 12.9. The maximum absolute atomic E-state index is 11.6. The average Bonchev–Trinajstić information content (AvgIpc) is 2.33. The third kappa shape index (κ3) is 10.3. The van der Waals surface area contributed by atoms with E-state index in [1.54, 1.807) is 4.90 Å². The summed E-state index contributed by atoms with van der Waals surface area (Å²) in [5, 5.41) is 0. The quantitative estimate of drug-likeness (QED) is 0.523. The van der Waals surface area contributed by atoms with Gasteiger partial charge < -0.3 is 14.4 Å². The van der Waals surface area contributed by atoms with Crippen LogP contribution in [0.1, 0.15) is 39.5 Å². The minimum absolute atomic E-state index is 0.215. The molecule has 102 valence electrons. The van der Waals surface area contributed by atoms with Crippen molar-refractivity contribution in [3.63, 3.8) is 0 Å². The van der Waals surface area contributed by atoms with Gasteiger partial charge in [-0.3, -0.25) is 4.79 Å². The molecule has 0 atom stereocenters. The molecule has 0 rings (SSSR count). The molecule has 0 saturated heterocycles. The molecule has 0 spiro atoms. The lowest BCUT2D eigenvalue weighted by Crippen LogP contribution is -2.30. The van der Waals surface area contributed by atoms with Crippen LogP contribution >= 0.6 is 0 Å². The van der Waals surface area contributed by atoms with Crippen LogP contribution in [0.2, 0.25) is 0 Å². The van der Waals surface area contributed by atoms with Gasteiger partial charge in [-0.05, 0) is 13.3 Å². The molecule has 0 bridgehead atoms. The number of hydrogen-bond acceptors (Lipinski definition) is 3. The minimum Gasteiger partial charge on any atom is -0.379 e. The number of rotatable bonds is 11. The Hall–Kier alpha value is -0.610. The Morgan fingerprint density at radius 3 is 2.41 bits per heavy atom. The first-order chi connectivity index (χ1) is 8.22. The van der Waals surface area contributed by atoms with Crippen molar-refractivity contribution in [2.75, 3.05) is 40.0 Å². The lowest BCUT2D eigenvalue weighted by molar-refractivity contribution is -0.130. The first kappa shape index (κ1) is 16.4. The summed E-state index contributed by atoms with van der Waals surface area (Å²) in [5.74, 6) is 0.215. The van der Waals surface area contributed by atoms with Crippen molar-refractivity contribution in [3.05, 3.63) is 0 Å². The fourth-order valence-corrected chi connectivity index (χ4v) is 1.41. The summed E-state index contributed by atoms with van der Waals surface area (Å²) >= 11 is 0. The zero-order valence-electron chi connectivity index (χ0n) is 11.5. The van der Waals surface area contributed by atoms with Gasteiger partial charge in [-0.25, -0.2) is 0 Å². The molecule has 0 unspecified atom stereocenters. The van der Waals surface area contributed by atoms with Crippen LogP contribution in [0, 0.1) is 0 Å². The summed E-state index contributed by atoms with van der Waals surface area (Å²) < 4.78 is 10.5. The SMILES string of the molecule is CCCCCC(=O)N(C)CCOCCOCC. The predicted octanol–water partition coefficient (Wildman–Crippen LogP) is 2.08. The second kappa shape index (κ2) is 11.9. The fourth-order valence-electron chi connectivity index (χ4n) is 1.41. The van der Waals surface area contributed by atoms with Crippen molar-refractivity contribution < 1.29 is 14.3 Å². The van der Waals surface area contributed by atoms with Crippen LogP contribution in [0.3, 0.4) is 0 Å². The Morgan fingerprint density at radius 1 is 1.06 bits per heavy atom. The lowest BCUT2D eigenvalue weighted by Gasteiger charge is -2.17. The molecular weight excluding hydrogens is 218 g/mol. The summed E-state index contributed by atoms with van der Waals surface area (Å²) in [7, 11) is 1.83. The van der Waals surface area contributed by atoms with Crippen LogP contribution < -0.4 is 0 Å². The van der Waals surface area contributed by atoms with E-state index in [0.29, 0.717) is 32.8 Å². The maximum Gasteiger partial charge on any atom is 0.222 e. The van der Waals surface area contributed by atoms with Gasteiger partial charge in [0.2, 0.25) is 5.91 Å². The molecule has 0 heterocycles. The molecule has 0 aliphatic carbocycles. The molecule has 0 aliphatic heterocycles. The van der Waals surface area contributed by atoms with E-state index in [4.69, 9.17) is 9.47 Å². The molecule has 4 nitrogen and oxygen atoms in total. The Morgan fingerprint density at radius 2 is 1.76 bits per heavy atom. The summed E-state index contributed by atoms with van der Waals surface area (Å²) in [6, 6.07) is 0. The Labute approximate surface area is 105 Å². The normalized spacial score (nSPS) is 10.5. The third-order valence-electron chi connectivity index (χ3n) is 2.57. The summed E-state index contributed by atoms with van der Waals surface area (Å²) in [6.45, 7) is 7.30. The van der Waals surface area contributed by atoms with E-state index in [-0.39, 0.29) is 5.91 Å². The molecule has 4 heteroatoms. The minimum atomic E-state index is 0.215. The van der Waals surface area contributed by atoms with Crippen LogP contribution in [-0.2, 0) is 14.3 Å². The third-order valence-corrected chi connectivity index (χ3v) is 2.57. The molecule has 0 N–H and O–H groups in total. The number of carbonyl (C=O) groups excluding carboxylic acids is 1. The van der Waals surface area contributed by atoms with Crippen molar-refractivity contribution in [2.24, 2.45) is 0 Å². The monoisotopic (exact) mass is 245 g/mol. The van der Waals surface area contributed by atoms with Crippen LogP contribution in [0.5, 0.6) is 0 Å². The van der Waals surface area contributed by atoms with Gasteiger partial charge in [-0.1, -0.05) is 19.8 Å². The first-order valence-corrected chi connectivity index (χ1v) is 6.61. The molecule has 17 heavy (non-hydrogen) atoms. The van der Waals surface area contributed by atoms with E-state index in [1.807, 2.05) is 14.0 Å². The van der Waals surface area contributed by atoms with Gasteiger partial charge in [-0.15, -0.1) is 0 Å². The number of ether oxygens (including phenoxy) is 2. The molecule has 0 saturated carbocycles. The summed E-state index contributed by atoms with van der Waals surface area (Å²) in [6.07, 6.45) is 3.93. The largest absolute Gasteiger partial charge is 0.379 e. The number of hydrogen-bond donors (Lipinski definition) is 0. The molecular formula is C13H27NO3. The van der Waals surface area contributed by atoms with E-state index < -0.39 is 0 Å². The zero-order valence-corrected chi connectivity index (χ0v) is 11.5. The lowest BCUT2D eigenvalue weighted by atomic mass is 10.2. The molecule has 0 aromatic heterocycles. The number of likely N-dealkylation sites (N-methyl/N-ethyl adjacent to an activating group) is 1. The number of unbranched alkanes of at least 4 members (excludes halogenated alkanes) is 2. The van der Waals surface area contributed by atoms with E-state index in [1.165, 1.54) is 0 Å². The highest BCUT2D eigenvalue weighted by Gasteiger charge is 2.07. The summed E-state index contributed by atoms with van der Waals surface area (Å²) in [5.41, 5.74) is 0. The van der Waals surface area contributed by atoms with Gasteiger partial charge >= 0.3 is 0 Å². The second-order valence-corrected chi connectivity index (χ2v) is 4.08. The van der Waals surface area contributed by atoms with Gasteiger partial charge in [0.1, 0.15) is 0 Å². The average molecular weight is 245 g/mol. The van der Waals surface area contributed by atoms with Crippen molar-refractivity contribution in [2.45, 2.75) is 39.5 Å². The van der Waals surface area contributed by atoms with Crippen LogP contribution in [0.15, 0.2) is 0 Å².